The monoisotopic (exact) mass is 170 g/mol. The summed E-state index contributed by atoms with van der Waals surface area (Å²) in [5, 5.41) is 0. The van der Waals surface area contributed by atoms with Gasteiger partial charge in [0.15, 0.2) is 6.29 Å². The molecule has 1 aliphatic heterocycles. The lowest BCUT2D eigenvalue weighted by atomic mass is 9.80. The maximum absolute atomic E-state index is 5.88. The fourth-order valence-corrected chi connectivity index (χ4v) is 2.58. The molecule has 2 heteroatoms. The number of hydrogen-bond acceptors (Lipinski definition) is 2. The Kier molecular flexibility index (Phi) is 2.13. The van der Waals surface area contributed by atoms with Crippen LogP contribution in [0.4, 0.5) is 0 Å². The van der Waals surface area contributed by atoms with Crippen LogP contribution in [0.1, 0.15) is 46.0 Å². The molecule has 0 aromatic carbocycles. The minimum atomic E-state index is 0.0213. The van der Waals surface area contributed by atoms with Gasteiger partial charge in [0.2, 0.25) is 0 Å². The van der Waals surface area contributed by atoms with E-state index >= 15 is 0 Å². The van der Waals surface area contributed by atoms with Gasteiger partial charge in [0.1, 0.15) is 0 Å². The first-order valence-corrected chi connectivity index (χ1v) is 5.10. The van der Waals surface area contributed by atoms with E-state index in [0.717, 1.165) is 6.42 Å². The van der Waals surface area contributed by atoms with Gasteiger partial charge in [-0.2, -0.15) is 0 Å². The van der Waals surface area contributed by atoms with E-state index in [9.17, 15) is 0 Å². The molecule has 3 unspecified atom stereocenters. The summed E-state index contributed by atoms with van der Waals surface area (Å²) >= 11 is 0. The van der Waals surface area contributed by atoms with Crippen LogP contribution in [0.3, 0.4) is 0 Å². The van der Waals surface area contributed by atoms with E-state index in [1.165, 1.54) is 25.7 Å². The average molecular weight is 170 g/mol. The second-order valence-corrected chi connectivity index (χ2v) is 3.97. The molecule has 0 bridgehead atoms. The molecule has 70 valence electrons. The van der Waals surface area contributed by atoms with Crippen LogP contribution < -0.4 is 0 Å². The molecule has 2 fully saturated rings. The van der Waals surface area contributed by atoms with Crippen molar-refractivity contribution < 1.29 is 9.47 Å². The Morgan fingerprint density at radius 2 is 2.25 bits per heavy atom. The molecule has 0 N–H and O–H groups in total. The van der Waals surface area contributed by atoms with E-state index < -0.39 is 0 Å². The lowest BCUT2D eigenvalue weighted by Gasteiger charge is -2.35. The van der Waals surface area contributed by atoms with Crippen LogP contribution in [0.5, 0.6) is 0 Å². The van der Waals surface area contributed by atoms with E-state index in [0.29, 0.717) is 6.10 Å². The largest absolute Gasteiger partial charge is 0.347 e. The Hall–Kier alpha value is -0.0800. The third kappa shape index (κ3) is 1.17. The van der Waals surface area contributed by atoms with Gasteiger partial charge in [0, 0.05) is 0 Å². The molecule has 1 saturated heterocycles. The van der Waals surface area contributed by atoms with Gasteiger partial charge in [0.25, 0.3) is 0 Å². The first-order chi connectivity index (χ1) is 5.77. The Morgan fingerprint density at radius 1 is 1.42 bits per heavy atom. The van der Waals surface area contributed by atoms with E-state index in [1.807, 2.05) is 6.92 Å². The molecule has 2 rings (SSSR count). The first-order valence-electron chi connectivity index (χ1n) is 5.10. The smallest absolute Gasteiger partial charge is 0.156 e. The highest BCUT2D eigenvalue weighted by Gasteiger charge is 2.48. The van der Waals surface area contributed by atoms with Gasteiger partial charge in [-0.15, -0.1) is 0 Å². The van der Waals surface area contributed by atoms with Crippen molar-refractivity contribution in [1.82, 2.24) is 0 Å². The van der Waals surface area contributed by atoms with Gasteiger partial charge in [-0.1, -0.05) is 19.8 Å². The molecule has 1 heterocycles. The standard InChI is InChI=1S/C10H18O2/c1-3-10-7-5-4-6-9(10)11-8(2)12-10/h8-9H,3-7H2,1-2H3. The van der Waals surface area contributed by atoms with Crippen molar-refractivity contribution in [2.24, 2.45) is 0 Å². The van der Waals surface area contributed by atoms with Gasteiger partial charge in [-0.05, 0) is 26.2 Å². The summed E-state index contributed by atoms with van der Waals surface area (Å²) in [5.74, 6) is 0. The molecule has 3 atom stereocenters. The molecule has 1 saturated carbocycles. The summed E-state index contributed by atoms with van der Waals surface area (Å²) in [5.41, 5.74) is 0.0810. The van der Waals surface area contributed by atoms with Crippen LogP contribution in [-0.2, 0) is 9.47 Å². The molecule has 0 aromatic heterocycles. The van der Waals surface area contributed by atoms with Crippen LogP contribution in [0.2, 0.25) is 0 Å². The number of rotatable bonds is 1. The summed E-state index contributed by atoms with van der Waals surface area (Å²) < 4.78 is 11.6. The van der Waals surface area contributed by atoms with Crippen LogP contribution in [0.15, 0.2) is 0 Å². The number of fused-ring (bicyclic) bond motifs is 1. The fraction of sp³-hybridized carbons (Fsp3) is 1.00. The first kappa shape index (κ1) is 8.52. The second-order valence-electron chi connectivity index (χ2n) is 3.97. The predicted molar refractivity (Wildman–Crippen MR) is 46.9 cm³/mol. The van der Waals surface area contributed by atoms with Gasteiger partial charge < -0.3 is 9.47 Å². The summed E-state index contributed by atoms with van der Waals surface area (Å²) in [6, 6.07) is 0. The topological polar surface area (TPSA) is 18.5 Å². The lowest BCUT2D eigenvalue weighted by molar-refractivity contribution is -0.0811. The maximum atomic E-state index is 5.88. The SMILES string of the molecule is CCC12CCCCC1OC(C)O2. The molecular weight excluding hydrogens is 152 g/mol. The molecule has 0 radical (unpaired) electrons. The molecule has 0 aromatic rings. The Labute approximate surface area is 74.2 Å². The number of hydrogen-bond donors (Lipinski definition) is 0. The van der Waals surface area contributed by atoms with Gasteiger partial charge in [-0.3, -0.25) is 0 Å². The van der Waals surface area contributed by atoms with Crippen molar-refractivity contribution >= 4 is 0 Å². The number of ether oxygens (including phenoxy) is 2. The third-order valence-electron chi connectivity index (χ3n) is 3.26. The highest BCUT2D eigenvalue weighted by atomic mass is 16.7. The van der Waals surface area contributed by atoms with Crippen molar-refractivity contribution in [3.63, 3.8) is 0 Å². The van der Waals surface area contributed by atoms with Crippen molar-refractivity contribution in [1.29, 1.82) is 0 Å². The Balaban J connectivity index is 2.14. The average Bonchev–Trinajstić information content (AvgIpc) is 2.41. The molecule has 1 aliphatic carbocycles. The molecule has 12 heavy (non-hydrogen) atoms. The van der Waals surface area contributed by atoms with Crippen LogP contribution in [-0.4, -0.2) is 18.0 Å². The minimum absolute atomic E-state index is 0.0213. The zero-order valence-corrected chi connectivity index (χ0v) is 8.01. The summed E-state index contributed by atoms with van der Waals surface area (Å²) in [7, 11) is 0. The normalized spacial score (nSPS) is 47.5. The molecule has 0 amide bonds. The van der Waals surface area contributed by atoms with Crippen molar-refractivity contribution in [3.8, 4) is 0 Å². The Morgan fingerprint density at radius 3 is 2.92 bits per heavy atom. The summed E-state index contributed by atoms with van der Waals surface area (Å²) in [4.78, 5) is 0. The minimum Gasteiger partial charge on any atom is -0.347 e. The lowest BCUT2D eigenvalue weighted by Crippen LogP contribution is -2.41. The van der Waals surface area contributed by atoms with Crippen LogP contribution in [0, 0.1) is 0 Å². The third-order valence-corrected chi connectivity index (χ3v) is 3.26. The van der Waals surface area contributed by atoms with Crippen LogP contribution >= 0.6 is 0 Å². The predicted octanol–water partition coefficient (Wildman–Crippen LogP) is 2.47. The highest BCUT2D eigenvalue weighted by Crippen LogP contribution is 2.42. The highest BCUT2D eigenvalue weighted by molar-refractivity contribution is 4.95. The molecule has 0 spiro atoms. The van der Waals surface area contributed by atoms with Gasteiger partial charge >= 0.3 is 0 Å². The maximum Gasteiger partial charge on any atom is 0.156 e. The van der Waals surface area contributed by atoms with E-state index in [2.05, 4.69) is 6.92 Å². The summed E-state index contributed by atoms with van der Waals surface area (Å²) in [6.07, 6.45) is 6.50. The second kappa shape index (κ2) is 3.00. The van der Waals surface area contributed by atoms with Crippen LogP contribution in [0.25, 0.3) is 0 Å². The van der Waals surface area contributed by atoms with Crippen molar-refractivity contribution in [3.05, 3.63) is 0 Å². The molecule has 2 nitrogen and oxygen atoms in total. The van der Waals surface area contributed by atoms with E-state index in [4.69, 9.17) is 9.47 Å². The fourth-order valence-electron chi connectivity index (χ4n) is 2.58. The summed E-state index contributed by atoms with van der Waals surface area (Å²) in [6.45, 7) is 4.22. The van der Waals surface area contributed by atoms with E-state index in [-0.39, 0.29) is 11.9 Å². The molecular formula is C10H18O2. The van der Waals surface area contributed by atoms with Crippen molar-refractivity contribution in [2.45, 2.75) is 63.9 Å². The van der Waals surface area contributed by atoms with Gasteiger partial charge in [0.05, 0.1) is 11.7 Å². The van der Waals surface area contributed by atoms with Gasteiger partial charge in [-0.25, -0.2) is 0 Å². The zero-order chi connectivity index (χ0) is 8.60. The van der Waals surface area contributed by atoms with Crippen molar-refractivity contribution in [2.75, 3.05) is 0 Å². The Bertz CT molecular complexity index is 169. The van der Waals surface area contributed by atoms with E-state index in [1.54, 1.807) is 0 Å². The quantitative estimate of drug-likeness (QED) is 0.602. The molecule has 2 aliphatic rings. The zero-order valence-electron chi connectivity index (χ0n) is 8.01.